The average molecular weight is 654 g/mol. The van der Waals surface area contributed by atoms with Gasteiger partial charge in [-0.3, -0.25) is 0 Å². The van der Waals surface area contributed by atoms with Crippen molar-refractivity contribution in [1.82, 2.24) is 16.0 Å². The first-order valence-electron chi connectivity index (χ1n) is 20.7. The zero-order valence-electron chi connectivity index (χ0n) is 31.1. The van der Waals surface area contributed by atoms with E-state index < -0.39 is 6.16 Å². The van der Waals surface area contributed by atoms with Crippen LogP contribution in [0.3, 0.4) is 0 Å². The van der Waals surface area contributed by atoms with E-state index in [4.69, 9.17) is 5.11 Å². The molecule has 0 unspecified atom stereocenters. The molecule has 0 radical (unpaired) electrons. The van der Waals surface area contributed by atoms with Crippen molar-refractivity contribution in [2.75, 3.05) is 45.9 Å². The van der Waals surface area contributed by atoms with Crippen LogP contribution in [0, 0.1) is 0 Å². The second-order valence-electron chi connectivity index (χ2n) is 14.0. The monoisotopic (exact) mass is 654 g/mol. The molecule has 0 bridgehead atoms. The van der Waals surface area contributed by atoms with Crippen molar-refractivity contribution < 1.29 is 14.6 Å². The van der Waals surface area contributed by atoms with E-state index in [1.165, 1.54) is 200 Å². The zero-order chi connectivity index (χ0) is 33.3. The summed E-state index contributed by atoms with van der Waals surface area (Å²) in [5.41, 5.74) is 0. The summed E-state index contributed by atoms with van der Waals surface area (Å²) in [6, 6.07) is 0. The molecular weight excluding hydrogens is 570 g/mol. The first-order chi connectivity index (χ1) is 22.8. The van der Waals surface area contributed by atoms with E-state index in [-0.39, 0.29) is 0 Å². The summed E-state index contributed by atoms with van der Waals surface area (Å²) < 4.78 is 4.51. The lowest BCUT2D eigenvalue weighted by molar-refractivity contribution is 0.0899. The fourth-order valence-electron chi connectivity index (χ4n) is 6.28. The van der Waals surface area contributed by atoms with Crippen LogP contribution in [-0.2, 0) is 4.74 Å². The molecule has 0 atom stereocenters. The third kappa shape index (κ3) is 43.1. The summed E-state index contributed by atoms with van der Waals surface area (Å²) in [7, 11) is 0. The van der Waals surface area contributed by atoms with Crippen LogP contribution in [0.2, 0.25) is 0 Å². The Morgan fingerprint density at radius 1 is 0.370 bits per heavy atom. The number of hydrogen-bond donors (Lipinski definition) is 4. The van der Waals surface area contributed by atoms with Gasteiger partial charge in [0.05, 0.1) is 6.61 Å². The predicted molar refractivity (Wildman–Crippen MR) is 201 cm³/mol. The normalized spacial score (nSPS) is 11.4. The molecule has 0 aliphatic rings. The Morgan fingerprint density at radius 2 is 0.587 bits per heavy atom. The molecular formula is C40H83N3O3. The molecule has 0 aromatic heterocycles. The van der Waals surface area contributed by atoms with Gasteiger partial charge < -0.3 is 25.8 Å². The molecule has 0 aromatic rings. The highest BCUT2D eigenvalue weighted by atomic mass is 16.7. The van der Waals surface area contributed by atoms with Gasteiger partial charge >= 0.3 is 6.16 Å². The van der Waals surface area contributed by atoms with Crippen molar-refractivity contribution in [2.45, 2.75) is 206 Å². The Balaban J connectivity index is 3.04. The molecule has 0 saturated heterocycles. The minimum atomic E-state index is -1.16. The maximum Gasteiger partial charge on any atom is 0.505 e. The molecule has 0 aliphatic heterocycles. The van der Waals surface area contributed by atoms with Gasteiger partial charge in [0.2, 0.25) is 0 Å². The summed E-state index contributed by atoms with van der Waals surface area (Å²) in [6.07, 6.45) is 41.1. The third-order valence-corrected chi connectivity index (χ3v) is 9.34. The second-order valence-corrected chi connectivity index (χ2v) is 14.0. The van der Waals surface area contributed by atoms with Gasteiger partial charge in [0.15, 0.2) is 0 Å². The molecule has 0 saturated carbocycles. The molecule has 4 N–H and O–H groups in total. The van der Waals surface area contributed by atoms with Gasteiger partial charge in [-0.25, -0.2) is 4.79 Å². The largest absolute Gasteiger partial charge is 0.505 e. The highest BCUT2D eigenvalue weighted by Crippen LogP contribution is 2.14. The summed E-state index contributed by atoms with van der Waals surface area (Å²) in [6.45, 7) is 9.56. The van der Waals surface area contributed by atoms with E-state index in [0.29, 0.717) is 6.61 Å². The van der Waals surface area contributed by atoms with Crippen LogP contribution >= 0.6 is 0 Å². The van der Waals surface area contributed by atoms with Gasteiger partial charge in [-0.15, -0.1) is 0 Å². The molecule has 0 amide bonds. The Hall–Kier alpha value is -0.850. The Bertz CT molecular complexity index is 564. The van der Waals surface area contributed by atoms with Gasteiger partial charge in [-0.1, -0.05) is 161 Å². The highest BCUT2D eigenvalue weighted by molar-refractivity contribution is 5.56. The van der Waals surface area contributed by atoms with Crippen molar-refractivity contribution in [3.05, 3.63) is 0 Å². The first-order valence-corrected chi connectivity index (χ1v) is 20.7. The summed E-state index contributed by atoms with van der Waals surface area (Å²) >= 11 is 0. The molecule has 0 fully saturated rings. The summed E-state index contributed by atoms with van der Waals surface area (Å²) in [4.78, 5) is 10.3. The second kappa shape index (κ2) is 42.2. The molecule has 276 valence electrons. The van der Waals surface area contributed by atoms with Crippen LogP contribution in [0.5, 0.6) is 0 Å². The van der Waals surface area contributed by atoms with Crippen LogP contribution in [0.4, 0.5) is 4.79 Å². The van der Waals surface area contributed by atoms with Crippen molar-refractivity contribution in [1.29, 1.82) is 0 Å². The molecule has 46 heavy (non-hydrogen) atoms. The highest BCUT2D eigenvalue weighted by Gasteiger charge is 1.98. The van der Waals surface area contributed by atoms with E-state index in [9.17, 15) is 4.79 Å². The van der Waals surface area contributed by atoms with E-state index in [1.54, 1.807) is 0 Å². The third-order valence-electron chi connectivity index (χ3n) is 9.34. The van der Waals surface area contributed by atoms with Crippen LogP contribution in [0.25, 0.3) is 0 Å². The lowest BCUT2D eigenvalue weighted by Gasteiger charge is -2.07. The van der Waals surface area contributed by atoms with Crippen molar-refractivity contribution in [3.63, 3.8) is 0 Å². The maximum atomic E-state index is 10.3. The van der Waals surface area contributed by atoms with Crippen LogP contribution in [-0.4, -0.2) is 57.1 Å². The van der Waals surface area contributed by atoms with E-state index in [2.05, 4.69) is 27.6 Å². The summed E-state index contributed by atoms with van der Waals surface area (Å²) in [5.74, 6) is 0. The summed E-state index contributed by atoms with van der Waals surface area (Å²) in [5, 5.41) is 19.2. The van der Waals surface area contributed by atoms with Gasteiger partial charge in [-0.05, 0) is 84.2 Å². The van der Waals surface area contributed by atoms with Gasteiger partial charge in [-0.2, -0.15) is 0 Å². The van der Waals surface area contributed by atoms with E-state index >= 15 is 0 Å². The zero-order valence-corrected chi connectivity index (χ0v) is 31.1. The van der Waals surface area contributed by atoms with Gasteiger partial charge in [0, 0.05) is 0 Å². The SMILES string of the molecule is CCCCCCCCCCCCCCCCCCCCCNCCCCNCCCCCCCCNCCCCCCOC(=O)O. The van der Waals surface area contributed by atoms with E-state index in [1.807, 2.05) is 0 Å². The fourth-order valence-corrected chi connectivity index (χ4v) is 6.28. The quantitative estimate of drug-likeness (QED) is 0.0388. The molecule has 6 heteroatoms. The standard InChI is InChI=1S/C40H83N3O3/c1-2-3-4-5-6-7-8-9-10-11-12-13-14-15-16-17-18-21-26-34-42-37-30-31-38-43-35-28-23-20-19-22-27-33-41-36-29-24-25-32-39-46-40(44)45/h41-43H,2-39H2,1H3,(H,44,45). The fraction of sp³-hybridized carbons (Fsp3) is 0.975. The van der Waals surface area contributed by atoms with Gasteiger partial charge in [0.1, 0.15) is 0 Å². The maximum absolute atomic E-state index is 10.3. The number of ether oxygens (including phenoxy) is 1. The molecule has 0 rings (SSSR count). The molecule has 0 aromatic carbocycles. The number of unbranched alkanes of at least 4 members (excludes halogenated alkanes) is 27. The number of hydrogen-bond acceptors (Lipinski definition) is 5. The van der Waals surface area contributed by atoms with Crippen molar-refractivity contribution in [2.24, 2.45) is 0 Å². The Kier molecular flexibility index (Phi) is 41.4. The lowest BCUT2D eigenvalue weighted by Crippen LogP contribution is -2.20. The molecule has 0 spiro atoms. The predicted octanol–water partition coefficient (Wildman–Crippen LogP) is 11.6. The van der Waals surface area contributed by atoms with Gasteiger partial charge in [0.25, 0.3) is 0 Å². The molecule has 6 nitrogen and oxygen atoms in total. The first kappa shape index (κ1) is 45.2. The van der Waals surface area contributed by atoms with Crippen molar-refractivity contribution >= 4 is 6.16 Å². The van der Waals surface area contributed by atoms with Crippen molar-refractivity contribution in [3.8, 4) is 0 Å². The number of rotatable bonds is 41. The topological polar surface area (TPSA) is 82.6 Å². The molecule has 0 heterocycles. The van der Waals surface area contributed by atoms with Crippen LogP contribution < -0.4 is 16.0 Å². The smallest absolute Gasteiger partial charge is 0.450 e. The minimum absolute atomic E-state index is 0.330. The van der Waals surface area contributed by atoms with Crippen LogP contribution in [0.15, 0.2) is 0 Å². The molecule has 0 aliphatic carbocycles. The van der Waals surface area contributed by atoms with E-state index in [0.717, 1.165) is 38.8 Å². The number of nitrogens with one attached hydrogen (secondary N) is 3. The number of carbonyl (C=O) groups is 1. The van der Waals surface area contributed by atoms with Crippen LogP contribution in [0.1, 0.15) is 206 Å². The average Bonchev–Trinajstić information content (AvgIpc) is 3.05. The minimum Gasteiger partial charge on any atom is -0.450 e. The number of carboxylic acid groups (broad SMARTS) is 1. The Morgan fingerprint density at radius 3 is 0.848 bits per heavy atom. The lowest BCUT2D eigenvalue weighted by atomic mass is 10.0. The Labute approximate surface area is 288 Å².